The number of amides is 1. The van der Waals surface area contributed by atoms with Crippen molar-refractivity contribution in [3.8, 4) is 0 Å². The van der Waals surface area contributed by atoms with Crippen molar-refractivity contribution < 1.29 is 14.3 Å². The molecule has 108 valence electrons. The van der Waals surface area contributed by atoms with Crippen molar-refractivity contribution in [2.45, 2.75) is 45.7 Å². The van der Waals surface area contributed by atoms with Gasteiger partial charge in [0.2, 0.25) is 5.91 Å². The van der Waals surface area contributed by atoms with Crippen molar-refractivity contribution >= 4 is 11.9 Å². The van der Waals surface area contributed by atoms with Crippen molar-refractivity contribution in [3.63, 3.8) is 0 Å². The highest BCUT2D eigenvalue weighted by Gasteiger charge is 2.40. The Labute approximate surface area is 119 Å². The molecule has 2 rings (SSSR count). The summed E-state index contributed by atoms with van der Waals surface area (Å²) in [5.74, 6) is -0.304. The van der Waals surface area contributed by atoms with E-state index in [0.29, 0.717) is 12.8 Å². The Kier molecular flexibility index (Phi) is 4.12. The van der Waals surface area contributed by atoms with E-state index < -0.39 is 6.04 Å². The first-order chi connectivity index (χ1) is 9.45. The van der Waals surface area contributed by atoms with Gasteiger partial charge in [-0.15, -0.1) is 0 Å². The number of hydrogen-bond acceptors (Lipinski definition) is 3. The minimum atomic E-state index is -0.456. The first-order valence-corrected chi connectivity index (χ1v) is 6.92. The van der Waals surface area contributed by atoms with E-state index in [0.717, 1.165) is 16.7 Å². The number of aryl methyl sites for hydroxylation is 2. The molecule has 0 saturated carbocycles. The average molecular weight is 275 g/mol. The number of esters is 1. The zero-order valence-electron chi connectivity index (χ0n) is 12.5. The minimum Gasteiger partial charge on any atom is -0.467 e. The van der Waals surface area contributed by atoms with Crippen LogP contribution in [0.1, 0.15) is 42.5 Å². The summed E-state index contributed by atoms with van der Waals surface area (Å²) >= 11 is 0. The Balaban J connectivity index is 2.34. The second kappa shape index (κ2) is 5.65. The Morgan fingerprint density at radius 3 is 2.75 bits per heavy atom. The first-order valence-electron chi connectivity index (χ1n) is 6.92. The molecule has 2 atom stereocenters. The SMILES string of the molecule is COC(=O)C1CCC(=O)N1C(C)c1cc(C)ccc1C. The van der Waals surface area contributed by atoms with Gasteiger partial charge in [-0.3, -0.25) is 4.79 Å². The van der Waals surface area contributed by atoms with Gasteiger partial charge in [-0.05, 0) is 38.3 Å². The molecule has 0 aliphatic carbocycles. The third kappa shape index (κ3) is 2.55. The molecule has 20 heavy (non-hydrogen) atoms. The van der Waals surface area contributed by atoms with Crippen molar-refractivity contribution in [3.05, 3.63) is 34.9 Å². The lowest BCUT2D eigenvalue weighted by Crippen LogP contribution is -2.41. The molecule has 1 fully saturated rings. The summed E-state index contributed by atoms with van der Waals surface area (Å²) in [5.41, 5.74) is 3.37. The second-order valence-electron chi connectivity index (χ2n) is 5.41. The van der Waals surface area contributed by atoms with Crippen LogP contribution in [0.25, 0.3) is 0 Å². The van der Waals surface area contributed by atoms with Crippen LogP contribution in [0.4, 0.5) is 0 Å². The molecular formula is C16H21NO3. The third-order valence-corrected chi connectivity index (χ3v) is 4.03. The maximum Gasteiger partial charge on any atom is 0.328 e. The standard InChI is InChI=1S/C16H21NO3/c1-10-5-6-11(2)13(9-10)12(3)17-14(16(19)20-4)7-8-15(17)18/h5-6,9,12,14H,7-8H2,1-4H3. The molecule has 0 radical (unpaired) electrons. The Morgan fingerprint density at radius 1 is 1.40 bits per heavy atom. The number of hydrogen-bond donors (Lipinski definition) is 0. The molecule has 0 spiro atoms. The summed E-state index contributed by atoms with van der Waals surface area (Å²) in [6.07, 6.45) is 0.954. The number of ether oxygens (including phenoxy) is 1. The highest BCUT2D eigenvalue weighted by atomic mass is 16.5. The van der Waals surface area contributed by atoms with Gasteiger partial charge in [0.25, 0.3) is 0 Å². The molecule has 4 heteroatoms. The monoisotopic (exact) mass is 275 g/mol. The lowest BCUT2D eigenvalue weighted by atomic mass is 9.98. The van der Waals surface area contributed by atoms with Gasteiger partial charge in [-0.1, -0.05) is 23.8 Å². The number of rotatable bonds is 3. The summed E-state index contributed by atoms with van der Waals surface area (Å²) < 4.78 is 4.82. The Bertz CT molecular complexity index is 539. The largest absolute Gasteiger partial charge is 0.467 e. The van der Waals surface area contributed by atoms with Crippen LogP contribution in [0.2, 0.25) is 0 Å². The molecule has 1 aliphatic heterocycles. The summed E-state index contributed by atoms with van der Waals surface area (Å²) in [6, 6.07) is 5.61. The summed E-state index contributed by atoms with van der Waals surface area (Å²) in [7, 11) is 1.37. The zero-order valence-corrected chi connectivity index (χ0v) is 12.5. The minimum absolute atomic E-state index is 0.0220. The number of carbonyl (C=O) groups is 2. The van der Waals surface area contributed by atoms with E-state index in [4.69, 9.17) is 4.74 Å². The van der Waals surface area contributed by atoms with Gasteiger partial charge in [-0.25, -0.2) is 4.79 Å². The van der Waals surface area contributed by atoms with Crippen molar-refractivity contribution in [2.75, 3.05) is 7.11 Å². The van der Waals surface area contributed by atoms with Gasteiger partial charge in [0, 0.05) is 6.42 Å². The van der Waals surface area contributed by atoms with Crippen LogP contribution >= 0.6 is 0 Å². The topological polar surface area (TPSA) is 46.6 Å². The van der Waals surface area contributed by atoms with Gasteiger partial charge in [0.1, 0.15) is 6.04 Å². The smallest absolute Gasteiger partial charge is 0.328 e. The van der Waals surface area contributed by atoms with Crippen LogP contribution in [0.3, 0.4) is 0 Å². The van der Waals surface area contributed by atoms with E-state index >= 15 is 0 Å². The average Bonchev–Trinajstić information content (AvgIpc) is 2.81. The summed E-state index contributed by atoms with van der Waals surface area (Å²) in [6.45, 7) is 6.03. The van der Waals surface area contributed by atoms with E-state index in [1.54, 1.807) is 4.90 Å². The number of carbonyl (C=O) groups excluding carboxylic acids is 2. The molecule has 4 nitrogen and oxygen atoms in total. The van der Waals surface area contributed by atoms with Gasteiger partial charge in [-0.2, -0.15) is 0 Å². The number of benzene rings is 1. The van der Waals surface area contributed by atoms with Gasteiger partial charge in [0.15, 0.2) is 0 Å². The van der Waals surface area contributed by atoms with E-state index in [9.17, 15) is 9.59 Å². The van der Waals surface area contributed by atoms with Crippen LogP contribution in [-0.2, 0) is 14.3 Å². The zero-order chi connectivity index (χ0) is 14.9. The van der Waals surface area contributed by atoms with Crippen LogP contribution in [0.15, 0.2) is 18.2 Å². The molecule has 1 heterocycles. The predicted molar refractivity (Wildman–Crippen MR) is 76.2 cm³/mol. The van der Waals surface area contributed by atoms with Crippen molar-refractivity contribution in [2.24, 2.45) is 0 Å². The molecule has 0 bridgehead atoms. The maximum atomic E-state index is 12.1. The molecule has 1 aromatic carbocycles. The quantitative estimate of drug-likeness (QED) is 0.796. The van der Waals surface area contributed by atoms with Crippen molar-refractivity contribution in [1.82, 2.24) is 4.90 Å². The second-order valence-corrected chi connectivity index (χ2v) is 5.41. The van der Waals surface area contributed by atoms with E-state index in [1.807, 2.05) is 20.8 Å². The molecular weight excluding hydrogens is 254 g/mol. The molecule has 1 saturated heterocycles. The van der Waals surface area contributed by atoms with E-state index in [-0.39, 0.29) is 17.9 Å². The molecule has 2 unspecified atom stereocenters. The van der Waals surface area contributed by atoms with E-state index in [1.165, 1.54) is 7.11 Å². The van der Waals surface area contributed by atoms with Crippen LogP contribution < -0.4 is 0 Å². The van der Waals surface area contributed by atoms with Crippen LogP contribution in [0.5, 0.6) is 0 Å². The van der Waals surface area contributed by atoms with Gasteiger partial charge < -0.3 is 9.64 Å². The Morgan fingerprint density at radius 2 is 2.10 bits per heavy atom. The lowest BCUT2D eigenvalue weighted by Gasteiger charge is -2.30. The van der Waals surface area contributed by atoms with Gasteiger partial charge in [0.05, 0.1) is 13.2 Å². The molecule has 1 amide bonds. The fourth-order valence-electron chi connectivity index (χ4n) is 2.92. The van der Waals surface area contributed by atoms with Crippen molar-refractivity contribution in [1.29, 1.82) is 0 Å². The fraction of sp³-hybridized carbons (Fsp3) is 0.500. The first kappa shape index (κ1) is 14.6. The molecule has 0 N–H and O–H groups in total. The molecule has 0 aromatic heterocycles. The van der Waals surface area contributed by atoms with Crippen LogP contribution in [-0.4, -0.2) is 29.9 Å². The third-order valence-electron chi connectivity index (χ3n) is 4.03. The predicted octanol–water partition coefficient (Wildman–Crippen LogP) is 2.53. The van der Waals surface area contributed by atoms with E-state index in [2.05, 4.69) is 18.2 Å². The fourth-order valence-corrected chi connectivity index (χ4v) is 2.92. The Hall–Kier alpha value is -1.84. The highest BCUT2D eigenvalue weighted by Crippen LogP contribution is 2.32. The van der Waals surface area contributed by atoms with Crippen LogP contribution in [0, 0.1) is 13.8 Å². The number of nitrogens with zero attached hydrogens (tertiary/aromatic N) is 1. The number of methoxy groups -OCH3 is 1. The normalized spacial score (nSPS) is 20.1. The maximum absolute atomic E-state index is 12.1. The lowest BCUT2D eigenvalue weighted by molar-refractivity contribution is -0.150. The number of likely N-dealkylation sites (tertiary alicyclic amines) is 1. The molecule has 1 aromatic rings. The van der Waals surface area contributed by atoms with Gasteiger partial charge >= 0.3 is 5.97 Å². The summed E-state index contributed by atoms with van der Waals surface area (Å²) in [4.78, 5) is 25.7. The highest BCUT2D eigenvalue weighted by molar-refractivity contribution is 5.88. The molecule has 1 aliphatic rings. The summed E-state index contributed by atoms with van der Waals surface area (Å²) in [5, 5.41) is 0.